The molecule has 1 atom stereocenters. The van der Waals surface area contributed by atoms with Gasteiger partial charge < -0.3 is 14.3 Å². The van der Waals surface area contributed by atoms with Crippen LogP contribution in [0.15, 0.2) is 18.2 Å². The lowest BCUT2D eigenvalue weighted by Gasteiger charge is -2.25. The Kier molecular flexibility index (Phi) is 5.37. The van der Waals surface area contributed by atoms with Crippen LogP contribution in [0.4, 0.5) is 0 Å². The van der Waals surface area contributed by atoms with E-state index in [1.807, 2.05) is 19.1 Å². The van der Waals surface area contributed by atoms with Crippen LogP contribution in [0.25, 0.3) is 0 Å². The summed E-state index contributed by atoms with van der Waals surface area (Å²) in [6.07, 6.45) is 2.38. The molecule has 0 heterocycles. The average Bonchev–Trinajstić information content (AvgIpc) is 2.48. The molecule has 0 amide bonds. The lowest BCUT2D eigenvalue weighted by molar-refractivity contribution is -0.108. The number of rotatable bonds is 7. The Balaban J connectivity index is 3.23. The first-order valence-electron chi connectivity index (χ1n) is 6.24. The fourth-order valence-electron chi connectivity index (χ4n) is 2.16. The van der Waals surface area contributed by atoms with Crippen LogP contribution >= 0.6 is 0 Å². The Morgan fingerprint density at radius 2 is 2.00 bits per heavy atom. The normalized spacial score (nSPS) is 13.2. The monoisotopic (exact) mass is 261 g/mol. The third-order valence-corrected chi connectivity index (χ3v) is 3.44. The highest BCUT2D eigenvalue weighted by Crippen LogP contribution is 2.37. The maximum Gasteiger partial charge on any atom is 0.161 e. The summed E-state index contributed by atoms with van der Waals surface area (Å²) in [5, 5.41) is 9.51. The third kappa shape index (κ3) is 3.05. The van der Waals surface area contributed by atoms with E-state index in [0.29, 0.717) is 30.8 Å². The SMILES string of the molecule is CCC(C#N)(CCC=O)c1ccc(OC)c(OC)c1. The van der Waals surface area contributed by atoms with Crippen molar-refractivity contribution in [2.75, 3.05) is 14.2 Å². The molecular formula is C15H19NO3. The molecule has 0 N–H and O–H groups in total. The number of nitriles is 1. The smallest absolute Gasteiger partial charge is 0.161 e. The summed E-state index contributed by atoms with van der Waals surface area (Å²) < 4.78 is 10.4. The Bertz CT molecular complexity index is 479. The minimum absolute atomic E-state index is 0.371. The molecule has 19 heavy (non-hydrogen) atoms. The topological polar surface area (TPSA) is 59.3 Å². The van der Waals surface area contributed by atoms with Crippen molar-refractivity contribution in [3.8, 4) is 17.6 Å². The molecule has 0 aromatic heterocycles. The van der Waals surface area contributed by atoms with Crippen molar-refractivity contribution in [2.45, 2.75) is 31.6 Å². The highest BCUT2D eigenvalue weighted by molar-refractivity contribution is 5.51. The standard InChI is InChI=1S/C15H19NO3/c1-4-15(11-16,8-5-9-17)12-6-7-13(18-2)14(10-12)19-3/h6-7,9-10H,4-5,8H2,1-3H3. The Labute approximate surface area is 113 Å². The first-order valence-corrected chi connectivity index (χ1v) is 6.24. The highest BCUT2D eigenvalue weighted by atomic mass is 16.5. The van der Waals surface area contributed by atoms with Crippen molar-refractivity contribution >= 4 is 6.29 Å². The summed E-state index contributed by atoms with van der Waals surface area (Å²) in [5.41, 5.74) is 0.206. The van der Waals surface area contributed by atoms with E-state index in [4.69, 9.17) is 9.47 Å². The molecule has 0 radical (unpaired) electrons. The Morgan fingerprint density at radius 1 is 1.32 bits per heavy atom. The van der Waals surface area contributed by atoms with E-state index in [1.165, 1.54) is 0 Å². The second-order valence-corrected chi connectivity index (χ2v) is 4.32. The predicted octanol–water partition coefficient (Wildman–Crippen LogP) is 2.85. The van der Waals surface area contributed by atoms with Gasteiger partial charge in [0.15, 0.2) is 11.5 Å². The second kappa shape index (κ2) is 6.79. The van der Waals surface area contributed by atoms with Crippen LogP contribution in [0.3, 0.4) is 0 Å². The van der Waals surface area contributed by atoms with Gasteiger partial charge in [0.1, 0.15) is 6.29 Å². The van der Waals surface area contributed by atoms with Gasteiger partial charge in [0.05, 0.1) is 25.7 Å². The lowest BCUT2D eigenvalue weighted by atomic mass is 9.76. The number of benzene rings is 1. The molecule has 0 spiro atoms. The van der Waals surface area contributed by atoms with Gasteiger partial charge in [-0.25, -0.2) is 0 Å². The summed E-state index contributed by atoms with van der Waals surface area (Å²) in [5.74, 6) is 1.23. The van der Waals surface area contributed by atoms with Gasteiger partial charge in [-0.3, -0.25) is 0 Å². The Morgan fingerprint density at radius 3 is 2.47 bits per heavy atom. The van der Waals surface area contributed by atoms with Crippen molar-refractivity contribution in [1.29, 1.82) is 5.26 Å². The quantitative estimate of drug-likeness (QED) is 0.708. The molecule has 4 heteroatoms. The molecule has 0 fully saturated rings. The Hall–Kier alpha value is -2.02. The van der Waals surface area contributed by atoms with E-state index in [0.717, 1.165) is 11.8 Å². The molecule has 1 rings (SSSR count). The largest absolute Gasteiger partial charge is 0.493 e. The fourth-order valence-corrected chi connectivity index (χ4v) is 2.16. The van der Waals surface area contributed by atoms with E-state index in [2.05, 4.69) is 6.07 Å². The van der Waals surface area contributed by atoms with Crippen molar-refractivity contribution in [1.82, 2.24) is 0 Å². The molecule has 4 nitrogen and oxygen atoms in total. The summed E-state index contributed by atoms with van der Waals surface area (Å²) >= 11 is 0. The minimum atomic E-state index is -0.652. The van der Waals surface area contributed by atoms with E-state index in [9.17, 15) is 10.1 Å². The number of methoxy groups -OCH3 is 2. The first-order chi connectivity index (χ1) is 9.17. The van der Waals surface area contributed by atoms with Crippen LogP contribution < -0.4 is 9.47 Å². The summed E-state index contributed by atoms with van der Waals surface area (Å²) in [7, 11) is 3.13. The van der Waals surface area contributed by atoms with Crippen molar-refractivity contribution in [3.63, 3.8) is 0 Å². The number of aldehydes is 1. The van der Waals surface area contributed by atoms with Gasteiger partial charge in [0.25, 0.3) is 0 Å². The van der Waals surface area contributed by atoms with E-state index in [-0.39, 0.29) is 0 Å². The maximum absolute atomic E-state index is 10.6. The van der Waals surface area contributed by atoms with Gasteiger partial charge in [-0.15, -0.1) is 0 Å². The number of nitrogens with zero attached hydrogens (tertiary/aromatic N) is 1. The van der Waals surface area contributed by atoms with Crippen LogP contribution in [0, 0.1) is 11.3 Å². The van der Waals surface area contributed by atoms with Crippen molar-refractivity contribution < 1.29 is 14.3 Å². The van der Waals surface area contributed by atoms with Crippen LogP contribution in [0.2, 0.25) is 0 Å². The molecule has 0 saturated carbocycles. The fraction of sp³-hybridized carbons (Fsp3) is 0.467. The summed E-state index contributed by atoms with van der Waals surface area (Å²) in [6, 6.07) is 7.81. The summed E-state index contributed by atoms with van der Waals surface area (Å²) in [6.45, 7) is 1.95. The molecule has 102 valence electrons. The molecule has 0 aliphatic heterocycles. The predicted molar refractivity (Wildman–Crippen MR) is 72.4 cm³/mol. The van der Waals surface area contributed by atoms with Crippen molar-refractivity contribution in [3.05, 3.63) is 23.8 Å². The summed E-state index contributed by atoms with van der Waals surface area (Å²) in [4.78, 5) is 10.6. The molecule has 0 aliphatic rings. The number of hydrogen-bond acceptors (Lipinski definition) is 4. The van der Waals surface area contributed by atoms with Crippen LogP contribution in [0.1, 0.15) is 31.7 Å². The van der Waals surface area contributed by atoms with Crippen LogP contribution in [0.5, 0.6) is 11.5 Å². The number of carbonyl (C=O) groups is 1. The zero-order valence-electron chi connectivity index (χ0n) is 11.6. The van der Waals surface area contributed by atoms with E-state index < -0.39 is 5.41 Å². The van der Waals surface area contributed by atoms with Gasteiger partial charge in [-0.2, -0.15) is 5.26 Å². The number of ether oxygens (including phenoxy) is 2. The number of hydrogen-bond donors (Lipinski definition) is 0. The van der Waals surface area contributed by atoms with E-state index in [1.54, 1.807) is 20.3 Å². The molecule has 1 unspecified atom stereocenters. The van der Waals surface area contributed by atoms with Gasteiger partial charge in [0, 0.05) is 6.42 Å². The molecule has 0 bridgehead atoms. The molecule has 1 aromatic carbocycles. The average molecular weight is 261 g/mol. The first kappa shape index (κ1) is 15.0. The van der Waals surface area contributed by atoms with Crippen LogP contribution in [-0.4, -0.2) is 20.5 Å². The van der Waals surface area contributed by atoms with E-state index >= 15 is 0 Å². The van der Waals surface area contributed by atoms with Gasteiger partial charge in [-0.05, 0) is 30.5 Å². The second-order valence-electron chi connectivity index (χ2n) is 4.32. The van der Waals surface area contributed by atoms with Gasteiger partial charge in [-0.1, -0.05) is 13.0 Å². The molecule has 0 aliphatic carbocycles. The van der Waals surface area contributed by atoms with Gasteiger partial charge in [0.2, 0.25) is 0 Å². The third-order valence-electron chi connectivity index (χ3n) is 3.44. The molecule has 0 saturated heterocycles. The zero-order chi connectivity index (χ0) is 14.3. The lowest BCUT2D eigenvalue weighted by Crippen LogP contribution is -2.23. The zero-order valence-corrected chi connectivity index (χ0v) is 11.6. The molecular weight excluding hydrogens is 242 g/mol. The van der Waals surface area contributed by atoms with Crippen LogP contribution in [-0.2, 0) is 10.2 Å². The number of carbonyl (C=O) groups excluding carboxylic acids is 1. The minimum Gasteiger partial charge on any atom is -0.493 e. The molecule has 1 aromatic rings. The van der Waals surface area contributed by atoms with Crippen molar-refractivity contribution in [2.24, 2.45) is 0 Å². The van der Waals surface area contributed by atoms with Gasteiger partial charge >= 0.3 is 0 Å². The maximum atomic E-state index is 10.6. The highest BCUT2D eigenvalue weighted by Gasteiger charge is 2.30.